The number of hydrogen-bond donors (Lipinski definition) is 0. The van der Waals surface area contributed by atoms with Crippen molar-refractivity contribution < 1.29 is 4.74 Å². The fraction of sp³-hybridized carbons (Fsp3) is 0.400. The summed E-state index contributed by atoms with van der Waals surface area (Å²) in [5.41, 5.74) is 2.43. The third kappa shape index (κ3) is 1.73. The summed E-state index contributed by atoms with van der Waals surface area (Å²) >= 11 is 0. The molecule has 0 aromatic heterocycles. The molecule has 0 aliphatic heterocycles. The van der Waals surface area contributed by atoms with Crippen LogP contribution >= 0.6 is 0 Å². The van der Waals surface area contributed by atoms with Gasteiger partial charge in [0.1, 0.15) is 5.75 Å². The van der Waals surface area contributed by atoms with E-state index in [4.69, 9.17) is 4.74 Å². The van der Waals surface area contributed by atoms with Gasteiger partial charge in [0.25, 0.3) is 0 Å². The summed E-state index contributed by atoms with van der Waals surface area (Å²) in [5.74, 6) is 1.04. The molecule has 0 atom stereocenters. The summed E-state index contributed by atoms with van der Waals surface area (Å²) in [4.78, 5) is 0. The number of ether oxygens (including phenoxy) is 1. The molecule has 0 fully saturated rings. The van der Waals surface area contributed by atoms with Crippen molar-refractivity contribution in [3.8, 4) is 5.75 Å². The maximum absolute atomic E-state index is 5.47. The predicted octanol–water partition coefficient (Wildman–Crippen LogP) is 2.70. The second kappa shape index (κ2) is 3.42. The molecule has 1 heteroatoms. The number of hydrogen-bond acceptors (Lipinski definition) is 1. The Labute approximate surface area is 68.0 Å². The Bertz CT molecular complexity index is 220. The molecule has 0 saturated carbocycles. The van der Waals surface area contributed by atoms with E-state index in [0.717, 1.165) is 12.4 Å². The molecular weight excluding hydrogens is 136 g/mol. The second-order valence-electron chi connectivity index (χ2n) is 2.65. The predicted molar refractivity (Wildman–Crippen MR) is 47.1 cm³/mol. The summed E-state index contributed by atoms with van der Waals surface area (Å²) in [6.45, 7) is 6.88. The van der Waals surface area contributed by atoms with Gasteiger partial charge in [-0.15, -0.1) is 0 Å². The SMILES string of the molecule is CCOc1c(C)cccc1C. The van der Waals surface area contributed by atoms with E-state index in [1.807, 2.05) is 13.0 Å². The van der Waals surface area contributed by atoms with Crippen LogP contribution in [0, 0.1) is 13.8 Å². The molecule has 0 aliphatic rings. The zero-order chi connectivity index (χ0) is 8.27. The van der Waals surface area contributed by atoms with Gasteiger partial charge in [-0.2, -0.15) is 0 Å². The highest BCUT2D eigenvalue weighted by molar-refractivity contribution is 5.39. The van der Waals surface area contributed by atoms with E-state index in [-0.39, 0.29) is 0 Å². The number of para-hydroxylation sites is 1. The lowest BCUT2D eigenvalue weighted by molar-refractivity contribution is 0.335. The van der Waals surface area contributed by atoms with Crippen LogP contribution in [0.2, 0.25) is 0 Å². The molecule has 0 unspecified atom stereocenters. The van der Waals surface area contributed by atoms with Crippen molar-refractivity contribution in [1.29, 1.82) is 0 Å². The molecule has 0 heterocycles. The van der Waals surface area contributed by atoms with Gasteiger partial charge in [-0.05, 0) is 31.9 Å². The summed E-state index contributed by atoms with van der Waals surface area (Å²) in [6, 6.07) is 6.18. The quantitative estimate of drug-likeness (QED) is 0.629. The van der Waals surface area contributed by atoms with Crippen molar-refractivity contribution in [3.63, 3.8) is 0 Å². The van der Waals surface area contributed by atoms with Crippen LogP contribution in [0.3, 0.4) is 0 Å². The Morgan fingerprint density at radius 3 is 2.18 bits per heavy atom. The lowest BCUT2D eigenvalue weighted by Gasteiger charge is -2.08. The summed E-state index contributed by atoms with van der Waals surface area (Å²) in [6.07, 6.45) is 0. The smallest absolute Gasteiger partial charge is 0.125 e. The van der Waals surface area contributed by atoms with Crippen LogP contribution in [-0.2, 0) is 0 Å². The lowest BCUT2D eigenvalue weighted by Crippen LogP contribution is -1.95. The van der Waals surface area contributed by atoms with E-state index < -0.39 is 0 Å². The molecule has 1 rings (SSSR count). The zero-order valence-corrected chi connectivity index (χ0v) is 7.35. The molecule has 0 spiro atoms. The van der Waals surface area contributed by atoms with Crippen molar-refractivity contribution in [2.75, 3.05) is 6.61 Å². The first-order chi connectivity index (χ1) is 5.25. The van der Waals surface area contributed by atoms with Crippen molar-refractivity contribution in [2.24, 2.45) is 0 Å². The van der Waals surface area contributed by atoms with Crippen molar-refractivity contribution in [3.05, 3.63) is 29.3 Å². The van der Waals surface area contributed by atoms with E-state index >= 15 is 0 Å². The van der Waals surface area contributed by atoms with Gasteiger partial charge in [-0.1, -0.05) is 18.2 Å². The van der Waals surface area contributed by atoms with Crippen LogP contribution in [0.25, 0.3) is 0 Å². The van der Waals surface area contributed by atoms with Crippen LogP contribution in [0.1, 0.15) is 18.1 Å². The summed E-state index contributed by atoms with van der Waals surface area (Å²) in [7, 11) is 0. The Balaban J connectivity index is 3.00. The molecule has 60 valence electrons. The Hall–Kier alpha value is -0.980. The Morgan fingerprint density at radius 1 is 1.18 bits per heavy atom. The standard InChI is InChI=1S/C10H14O/c1-4-11-10-8(2)6-5-7-9(10)3/h5-7H,4H2,1-3H3. The molecule has 0 amide bonds. The Morgan fingerprint density at radius 2 is 1.73 bits per heavy atom. The fourth-order valence-corrected chi connectivity index (χ4v) is 1.17. The molecule has 0 aliphatic carbocycles. The van der Waals surface area contributed by atoms with Crippen LogP contribution < -0.4 is 4.74 Å². The second-order valence-corrected chi connectivity index (χ2v) is 2.65. The molecule has 1 nitrogen and oxygen atoms in total. The monoisotopic (exact) mass is 150 g/mol. The maximum atomic E-state index is 5.47. The average molecular weight is 150 g/mol. The first-order valence-electron chi connectivity index (χ1n) is 3.94. The van der Waals surface area contributed by atoms with Gasteiger partial charge in [-0.25, -0.2) is 0 Å². The molecule has 0 bridgehead atoms. The van der Waals surface area contributed by atoms with Gasteiger partial charge in [-0.3, -0.25) is 0 Å². The highest BCUT2D eigenvalue weighted by Crippen LogP contribution is 2.21. The highest BCUT2D eigenvalue weighted by Gasteiger charge is 1.99. The summed E-state index contributed by atoms with van der Waals surface area (Å²) in [5, 5.41) is 0. The largest absolute Gasteiger partial charge is 0.493 e. The van der Waals surface area contributed by atoms with Crippen LogP contribution in [0.5, 0.6) is 5.75 Å². The highest BCUT2D eigenvalue weighted by atomic mass is 16.5. The van der Waals surface area contributed by atoms with Gasteiger partial charge in [0.2, 0.25) is 0 Å². The minimum atomic E-state index is 0.742. The fourth-order valence-electron chi connectivity index (χ4n) is 1.17. The third-order valence-corrected chi connectivity index (χ3v) is 1.70. The molecule has 0 radical (unpaired) electrons. The Kier molecular flexibility index (Phi) is 2.53. The minimum Gasteiger partial charge on any atom is -0.493 e. The molecular formula is C10H14O. The minimum absolute atomic E-state index is 0.742. The third-order valence-electron chi connectivity index (χ3n) is 1.70. The van der Waals surface area contributed by atoms with Gasteiger partial charge in [0.15, 0.2) is 0 Å². The van der Waals surface area contributed by atoms with Gasteiger partial charge < -0.3 is 4.74 Å². The van der Waals surface area contributed by atoms with E-state index in [0.29, 0.717) is 0 Å². The van der Waals surface area contributed by atoms with E-state index in [1.165, 1.54) is 11.1 Å². The number of benzene rings is 1. The van der Waals surface area contributed by atoms with Crippen LogP contribution in [-0.4, -0.2) is 6.61 Å². The number of aryl methyl sites for hydroxylation is 2. The van der Waals surface area contributed by atoms with Gasteiger partial charge in [0, 0.05) is 0 Å². The lowest BCUT2D eigenvalue weighted by atomic mass is 10.1. The van der Waals surface area contributed by atoms with Crippen molar-refractivity contribution >= 4 is 0 Å². The molecule has 11 heavy (non-hydrogen) atoms. The van der Waals surface area contributed by atoms with E-state index in [2.05, 4.69) is 26.0 Å². The van der Waals surface area contributed by atoms with Crippen molar-refractivity contribution in [1.82, 2.24) is 0 Å². The molecule has 1 aromatic carbocycles. The maximum Gasteiger partial charge on any atom is 0.125 e. The van der Waals surface area contributed by atoms with E-state index in [1.54, 1.807) is 0 Å². The van der Waals surface area contributed by atoms with Crippen molar-refractivity contribution in [2.45, 2.75) is 20.8 Å². The number of rotatable bonds is 2. The normalized spacial score (nSPS) is 9.73. The van der Waals surface area contributed by atoms with Gasteiger partial charge in [0.05, 0.1) is 6.61 Å². The summed E-state index contributed by atoms with van der Waals surface area (Å²) < 4.78 is 5.47. The molecule has 0 saturated heterocycles. The molecule has 0 N–H and O–H groups in total. The average Bonchev–Trinajstić information content (AvgIpc) is 1.97. The molecule has 1 aromatic rings. The van der Waals surface area contributed by atoms with E-state index in [9.17, 15) is 0 Å². The topological polar surface area (TPSA) is 9.23 Å². The van der Waals surface area contributed by atoms with Crippen LogP contribution in [0.4, 0.5) is 0 Å². The first kappa shape index (κ1) is 8.12. The zero-order valence-electron chi connectivity index (χ0n) is 7.35. The van der Waals surface area contributed by atoms with Crippen LogP contribution in [0.15, 0.2) is 18.2 Å². The first-order valence-corrected chi connectivity index (χ1v) is 3.94. The van der Waals surface area contributed by atoms with Gasteiger partial charge >= 0.3 is 0 Å².